The highest BCUT2D eigenvalue weighted by Crippen LogP contribution is 2.47. The number of nitrogens with one attached hydrogen (secondary N) is 1. The maximum Gasteiger partial charge on any atom is 0.229 e. The molecule has 2 aliphatic carbocycles. The molecule has 0 saturated heterocycles. The molecule has 0 heterocycles. The monoisotopic (exact) mass is 298 g/mol. The highest BCUT2D eigenvalue weighted by molar-refractivity contribution is 5.94. The molecule has 1 aromatic rings. The maximum absolute atomic E-state index is 13.2. The molecular weight excluding hydrogens is 279 g/mol. The molecular formula is C15H20ClFN2O. The first-order valence-corrected chi connectivity index (χ1v) is 6.89. The van der Waals surface area contributed by atoms with Gasteiger partial charge in [0.25, 0.3) is 0 Å². The van der Waals surface area contributed by atoms with Crippen molar-refractivity contribution in [1.82, 2.24) is 0 Å². The Balaban J connectivity index is 0.00000147. The van der Waals surface area contributed by atoms with Crippen molar-refractivity contribution in [2.75, 3.05) is 5.32 Å². The summed E-state index contributed by atoms with van der Waals surface area (Å²) in [6, 6.07) is 4.40. The van der Waals surface area contributed by atoms with Crippen LogP contribution in [0.2, 0.25) is 0 Å². The van der Waals surface area contributed by atoms with Crippen LogP contribution in [-0.2, 0) is 4.79 Å². The van der Waals surface area contributed by atoms with Crippen LogP contribution >= 0.6 is 12.4 Å². The number of carbonyl (C=O) groups excluding carboxylic acids is 1. The Kier molecular flexibility index (Phi) is 4.35. The summed E-state index contributed by atoms with van der Waals surface area (Å²) in [7, 11) is 0. The number of aryl methyl sites for hydroxylation is 1. The first-order chi connectivity index (χ1) is 9.06. The van der Waals surface area contributed by atoms with Crippen LogP contribution in [0.5, 0.6) is 0 Å². The van der Waals surface area contributed by atoms with Gasteiger partial charge in [0, 0.05) is 11.7 Å². The second kappa shape index (κ2) is 5.70. The fraction of sp³-hybridized carbons (Fsp3) is 0.533. The highest BCUT2D eigenvalue weighted by atomic mass is 35.5. The topological polar surface area (TPSA) is 55.1 Å². The second-order valence-electron chi connectivity index (χ2n) is 5.88. The molecule has 0 aliphatic heterocycles. The normalized spacial score (nSPS) is 30.9. The number of hydrogen-bond donors (Lipinski definition) is 2. The summed E-state index contributed by atoms with van der Waals surface area (Å²) >= 11 is 0. The smallest absolute Gasteiger partial charge is 0.229 e. The van der Waals surface area contributed by atoms with Crippen LogP contribution in [0.15, 0.2) is 18.2 Å². The second-order valence-corrected chi connectivity index (χ2v) is 5.88. The highest BCUT2D eigenvalue weighted by Gasteiger charge is 2.49. The fourth-order valence-electron chi connectivity index (χ4n) is 3.67. The van der Waals surface area contributed by atoms with E-state index in [4.69, 9.17) is 5.73 Å². The number of carbonyl (C=O) groups is 1. The van der Waals surface area contributed by atoms with Gasteiger partial charge in [-0.3, -0.25) is 4.79 Å². The Labute approximate surface area is 124 Å². The van der Waals surface area contributed by atoms with Gasteiger partial charge in [-0.15, -0.1) is 12.4 Å². The predicted molar refractivity (Wildman–Crippen MR) is 79.3 cm³/mol. The molecule has 4 unspecified atom stereocenters. The standard InChI is InChI=1S/C15H19FN2O.ClH/c1-8-2-5-11(16)7-12(8)18-15(19)13-9-3-4-10(6-9)14(13)17;/h2,5,7,9-10,13-14H,3-4,6,17H2,1H3,(H,18,19);1H. The molecule has 1 aromatic carbocycles. The Bertz CT molecular complexity index is 521. The van der Waals surface area contributed by atoms with Gasteiger partial charge in [0.15, 0.2) is 0 Å². The molecule has 2 aliphatic rings. The van der Waals surface area contributed by atoms with E-state index in [-0.39, 0.29) is 36.1 Å². The van der Waals surface area contributed by atoms with Gasteiger partial charge in [-0.1, -0.05) is 6.07 Å². The van der Waals surface area contributed by atoms with Gasteiger partial charge in [-0.2, -0.15) is 0 Å². The van der Waals surface area contributed by atoms with Crippen molar-refractivity contribution in [1.29, 1.82) is 0 Å². The van der Waals surface area contributed by atoms with E-state index in [0.717, 1.165) is 24.8 Å². The van der Waals surface area contributed by atoms with Crippen LogP contribution in [0, 0.1) is 30.5 Å². The summed E-state index contributed by atoms with van der Waals surface area (Å²) in [4.78, 5) is 12.4. The minimum absolute atomic E-state index is 0. The molecule has 5 heteroatoms. The lowest BCUT2D eigenvalue weighted by molar-refractivity contribution is -0.121. The molecule has 1 amide bonds. The van der Waals surface area contributed by atoms with Crippen molar-refractivity contribution >= 4 is 24.0 Å². The largest absolute Gasteiger partial charge is 0.327 e. The van der Waals surface area contributed by atoms with E-state index < -0.39 is 0 Å². The van der Waals surface area contributed by atoms with Gasteiger partial charge in [0.1, 0.15) is 5.82 Å². The number of benzene rings is 1. The van der Waals surface area contributed by atoms with Crippen molar-refractivity contribution in [2.24, 2.45) is 23.5 Å². The van der Waals surface area contributed by atoms with Gasteiger partial charge in [0.2, 0.25) is 5.91 Å². The Morgan fingerprint density at radius 2 is 2.05 bits per heavy atom. The number of halogens is 2. The van der Waals surface area contributed by atoms with Crippen LogP contribution in [0.3, 0.4) is 0 Å². The van der Waals surface area contributed by atoms with E-state index in [9.17, 15) is 9.18 Å². The minimum atomic E-state index is -0.335. The molecule has 0 spiro atoms. The molecule has 3 nitrogen and oxygen atoms in total. The molecule has 110 valence electrons. The molecule has 3 rings (SSSR count). The summed E-state index contributed by atoms with van der Waals surface area (Å²) in [5.74, 6) is 0.413. The van der Waals surface area contributed by atoms with E-state index >= 15 is 0 Å². The lowest BCUT2D eigenvalue weighted by Gasteiger charge is -2.27. The van der Waals surface area contributed by atoms with Crippen LogP contribution in [0.25, 0.3) is 0 Å². The lowest BCUT2D eigenvalue weighted by atomic mass is 9.84. The summed E-state index contributed by atoms with van der Waals surface area (Å²) in [6.07, 6.45) is 3.31. The van der Waals surface area contributed by atoms with Gasteiger partial charge in [-0.25, -0.2) is 4.39 Å². The third-order valence-electron chi connectivity index (χ3n) is 4.74. The van der Waals surface area contributed by atoms with Crippen molar-refractivity contribution in [3.63, 3.8) is 0 Å². The third kappa shape index (κ3) is 2.54. The van der Waals surface area contributed by atoms with Crippen LogP contribution in [0.4, 0.5) is 10.1 Å². The third-order valence-corrected chi connectivity index (χ3v) is 4.74. The molecule has 0 aromatic heterocycles. The van der Waals surface area contributed by atoms with Crippen LogP contribution in [0.1, 0.15) is 24.8 Å². The zero-order valence-electron chi connectivity index (χ0n) is 11.4. The molecule has 20 heavy (non-hydrogen) atoms. The van der Waals surface area contributed by atoms with Crippen molar-refractivity contribution in [2.45, 2.75) is 32.2 Å². The number of nitrogens with two attached hydrogens (primary N) is 1. The average molecular weight is 299 g/mol. The van der Waals surface area contributed by atoms with Crippen LogP contribution in [-0.4, -0.2) is 11.9 Å². The molecule has 4 atom stereocenters. The fourth-order valence-corrected chi connectivity index (χ4v) is 3.67. The van der Waals surface area contributed by atoms with Gasteiger partial charge >= 0.3 is 0 Å². The van der Waals surface area contributed by atoms with E-state index in [2.05, 4.69) is 5.32 Å². The van der Waals surface area contributed by atoms with Crippen molar-refractivity contribution < 1.29 is 9.18 Å². The van der Waals surface area contributed by atoms with E-state index in [1.54, 1.807) is 6.07 Å². The Morgan fingerprint density at radius 3 is 2.70 bits per heavy atom. The predicted octanol–water partition coefficient (Wildman–Crippen LogP) is 2.87. The van der Waals surface area contributed by atoms with E-state index in [1.807, 2.05) is 6.92 Å². The quantitative estimate of drug-likeness (QED) is 0.882. The summed E-state index contributed by atoms with van der Waals surface area (Å²) in [5, 5.41) is 2.85. The lowest BCUT2D eigenvalue weighted by Crippen LogP contribution is -2.42. The van der Waals surface area contributed by atoms with Gasteiger partial charge in [-0.05, 0) is 55.7 Å². The molecule has 0 radical (unpaired) electrons. The first kappa shape index (κ1) is 15.3. The number of anilines is 1. The van der Waals surface area contributed by atoms with Crippen molar-refractivity contribution in [3.05, 3.63) is 29.6 Å². The van der Waals surface area contributed by atoms with Gasteiger partial charge < -0.3 is 11.1 Å². The molecule has 2 fully saturated rings. The number of hydrogen-bond acceptors (Lipinski definition) is 2. The SMILES string of the molecule is Cc1ccc(F)cc1NC(=O)C1C2CCC(C2)C1N.Cl. The summed E-state index contributed by atoms with van der Waals surface area (Å²) in [5.41, 5.74) is 7.57. The maximum atomic E-state index is 13.2. The zero-order valence-corrected chi connectivity index (χ0v) is 12.3. The zero-order chi connectivity index (χ0) is 13.6. The minimum Gasteiger partial charge on any atom is -0.327 e. The molecule has 2 saturated carbocycles. The number of rotatable bonds is 2. The Hall–Kier alpha value is -1.13. The van der Waals surface area contributed by atoms with E-state index in [1.165, 1.54) is 12.1 Å². The average Bonchev–Trinajstić information content (AvgIpc) is 2.94. The summed E-state index contributed by atoms with van der Waals surface area (Å²) in [6.45, 7) is 1.86. The Morgan fingerprint density at radius 1 is 1.35 bits per heavy atom. The van der Waals surface area contributed by atoms with E-state index in [0.29, 0.717) is 17.5 Å². The number of fused-ring (bicyclic) bond motifs is 2. The number of amides is 1. The van der Waals surface area contributed by atoms with Crippen molar-refractivity contribution in [3.8, 4) is 0 Å². The molecule has 3 N–H and O–H groups in total. The first-order valence-electron chi connectivity index (χ1n) is 6.89. The summed E-state index contributed by atoms with van der Waals surface area (Å²) < 4.78 is 13.2. The van der Waals surface area contributed by atoms with Crippen LogP contribution < -0.4 is 11.1 Å². The molecule has 2 bridgehead atoms. The van der Waals surface area contributed by atoms with Gasteiger partial charge in [0.05, 0.1) is 5.92 Å².